The van der Waals surface area contributed by atoms with Gasteiger partial charge in [-0.05, 0) is 0 Å². The van der Waals surface area contributed by atoms with Crippen LogP contribution in [0.3, 0.4) is 0 Å². The molecule has 2 fully saturated rings. The largest absolute Gasteiger partial charge is 0.479 e. The molecule has 0 aromatic carbocycles. The van der Waals surface area contributed by atoms with Gasteiger partial charge in [0.25, 0.3) is 0 Å². The molecule has 2 saturated heterocycles. The van der Waals surface area contributed by atoms with E-state index in [9.17, 15) is 18.3 Å². The lowest BCUT2D eigenvalue weighted by Crippen LogP contribution is -2.59. The van der Waals surface area contributed by atoms with Crippen LogP contribution in [-0.4, -0.2) is 62.4 Å². The quantitative estimate of drug-likeness (QED) is 0.575. The molecule has 10 heteroatoms. The van der Waals surface area contributed by atoms with Crippen molar-refractivity contribution >= 4 is 16.4 Å². The van der Waals surface area contributed by atoms with Crippen molar-refractivity contribution in [2.75, 3.05) is 7.11 Å². The molecule has 0 spiro atoms. The van der Waals surface area contributed by atoms with Crippen LogP contribution in [-0.2, 0) is 33.0 Å². The van der Waals surface area contributed by atoms with Crippen LogP contribution < -0.4 is 0 Å². The first-order valence-electron chi connectivity index (χ1n) is 4.56. The first-order valence-corrected chi connectivity index (χ1v) is 5.89. The first-order chi connectivity index (χ1) is 7.85. The van der Waals surface area contributed by atoms with Crippen molar-refractivity contribution in [3.8, 4) is 0 Å². The number of carboxylic acids is 1. The second-order valence-corrected chi connectivity index (χ2v) is 4.72. The predicted molar refractivity (Wildman–Crippen MR) is 48.0 cm³/mol. The number of hydrogen-bond acceptors (Lipinski definition) is 8. The van der Waals surface area contributed by atoms with Gasteiger partial charge >= 0.3 is 16.4 Å². The smallest absolute Gasteiger partial charge is 0.400 e. The van der Waals surface area contributed by atoms with E-state index in [0.29, 0.717) is 0 Å². The number of hydrogen-bond donors (Lipinski definition) is 2. The van der Waals surface area contributed by atoms with Gasteiger partial charge in [0.05, 0.1) is 0 Å². The summed E-state index contributed by atoms with van der Waals surface area (Å²) in [4.78, 5) is 10.9. The molecule has 0 bridgehead atoms. The molecule has 0 unspecified atom stereocenters. The Bertz CT molecular complexity index is 417. The van der Waals surface area contributed by atoms with Crippen molar-refractivity contribution in [2.24, 2.45) is 0 Å². The van der Waals surface area contributed by atoms with Gasteiger partial charge < -0.3 is 19.7 Å². The van der Waals surface area contributed by atoms with Crippen LogP contribution in [0.15, 0.2) is 0 Å². The molecular weight excluding hydrogens is 260 g/mol. The summed E-state index contributed by atoms with van der Waals surface area (Å²) in [5.74, 6) is -1.40. The average Bonchev–Trinajstić information content (AvgIpc) is 2.54. The van der Waals surface area contributed by atoms with E-state index in [0.717, 1.165) is 0 Å². The summed E-state index contributed by atoms with van der Waals surface area (Å²) in [6, 6.07) is 0. The zero-order valence-electron chi connectivity index (χ0n) is 8.55. The molecule has 2 N–H and O–H groups in total. The van der Waals surface area contributed by atoms with E-state index in [1.165, 1.54) is 7.11 Å². The molecule has 0 saturated carbocycles. The Hall–Kier alpha value is -0.780. The molecule has 0 aliphatic carbocycles. The number of aliphatic hydroxyl groups is 1. The van der Waals surface area contributed by atoms with Gasteiger partial charge in [-0.1, -0.05) is 0 Å². The Kier molecular flexibility index (Phi) is 3.10. The third kappa shape index (κ3) is 2.14. The minimum atomic E-state index is -4.27. The summed E-state index contributed by atoms with van der Waals surface area (Å²) < 4.78 is 40.6. The molecule has 98 valence electrons. The molecule has 0 radical (unpaired) electrons. The van der Waals surface area contributed by atoms with Gasteiger partial charge in [0, 0.05) is 7.11 Å². The molecular formula is C7H10O9S. The number of aliphatic carboxylic acids is 1. The number of rotatable bonds is 2. The Morgan fingerprint density at radius 1 is 1.29 bits per heavy atom. The first kappa shape index (κ1) is 12.7. The molecule has 0 aromatic rings. The number of fused-ring (bicyclic) bond motifs is 1. The van der Waals surface area contributed by atoms with E-state index in [4.69, 9.17) is 14.6 Å². The van der Waals surface area contributed by atoms with Gasteiger partial charge in [-0.2, -0.15) is 8.42 Å². The molecule has 2 aliphatic heterocycles. The molecule has 9 nitrogen and oxygen atoms in total. The van der Waals surface area contributed by atoms with Crippen LogP contribution in [0.25, 0.3) is 0 Å². The third-order valence-electron chi connectivity index (χ3n) is 2.49. The highest BCUT2D eigenvalue weighted by Gasteiger charge is 2.57. The number of aliphatic hydroxyl groups excluding tert-OH is 1. The maximum atomic E-state index is 11.1. The highest BCUT2D eigenvalue weighted by atomic mass is 32.3. The highest BCUT2D eigenvalue weighted by molar-refractivity contribution is 7.82. The zero-order chi connectivity index (χ0) is 12.8. The zero-order valence-corrected chi connectivity index (χ0v) is 9.36. The number of carbonyl (C=O) groups is 1. The van der Waals surface area contributed by atoms with Crippen molar-refractivity contribution in [1.29, 1.82) is 0 Å². The number of ether oxygens (including phenoxy) is 2. The van der Waals surface area contributed by atoms with E-state index >= 15 is 0 Å². The fraction of sp³-hybridized carbons (Fsp3) is 0.857. The molecule has 2 heterocycles. The Balaban J connectivity index is 2.31. The minimum Gasteiger partial charge on any atom is -0.479 e. The van der Waals surface area contributed by atoms with Gasteiger partial charge in [-0.15, -0.1) is 0 Å². The fourth-order valence-electron chi connectivity index (χ4n) is 1.79. The third-order valence-corrected chi connectivity index (χ3v) is 3.40. The average molecular weight is 270 g/mol. The summed E-state index contributed by atoms with van der Waals surface area (Å²) >= 11 is 0. The van der Waals surface area contributed by atoms with Gasteiger partial charge in [0.2, 0.25) is 0 Å². The Morgan fingerprint density at radius 2 is 1.88 bits per heavy atom. The maximum Gasteiger partial charge on any atom is 0.400 e. The SMILES string of the molecule is CO[C@H]1[C@@H]2OS(=O)(=O)O[C@H]2[C@@H](O)O[C@@H]1C(=O)O. The standard InChI is InChI=1S/C7H10O9S/c1-13-2-3-5(16-17(11,12)15-3)7(10)14-4(2)6(8)9/h2-5,7,10H,1H3,(H,8,9)/t2-,3-,4-,5+,7-/m0/s1. The molecule has 17 heavy (non-hydrogen) atoms. The molecule has 2 rings (SSSR count). The summed E-state index contributed by atoms with van der Waals surface area (Å²) in [7, 11) is -3.09. The normalized spacial score (nSPS) is 44.2. The number of methoxy groups -OCH3 is 1. The second kappa shape index (κ2) is 4.15. The van der Waals surface area contributed by atoms with Crippen LogP contribution >= 0.6 is 0 Å². The molecule has 2 aliphatic rings. The van der Waals surface area contributed by atoms with Gasteiger partial charge in [0.1, 0.15) is 12.2 Å². The van der Waals surface area contributed by atoms with E-state index in [2.05, 4.69) is 8.37 Å². The lowest BCUT2D eigenvalue weighted by molar-refractivity contribution is -0.259. The fourth-order valence-corrected chi connectivity index (χ4v) is 2.80. The van der Waals surface area contributed by atoms with Crippen LogP contribution in [0.4, 0.5) is 0 Å². The van der Waals surface area contributed by atoms with E-state index in [1.807, 2.05) is 0 Å². The van der Waals surface area contributed by atoms with E-state index < -0.39 is 47.1 Å². The van der Waals surface area contributed by atoms with Crippen molar-refractivity contribution in [1.82, 2.24) is 0 Å². The second-order valence-electron chi connectivity index (χ2n) is 3.52. The summed E-state index contributed by atoms with van der Waals surface area (Å²) in [6.07, 6.45) is -7.04. The van der Waals surface area contributed by atoms with Crippen molar-refractivity contribution in [3.63, 3.8) is 0 Å². The van der Waals surface area contributed by atoms with Crippen molar-refractivity contribution < 1.29 is 41.3 Å². The number of carboxylic acid groups (broad SMARTS) is 1. The topological polar surface area (TPSA) is 129 Å². The minimum absolute atomic E-state index is 1.17. The van der Waals surface area contributed by atoms with Crippen LogP contribution in [0, 0.1) is 0 Å². The summed E-state index contributed by atoms with van der Waals surface area (Å²) in [6.45, 7) is 0. The Morgan fingerprint density at radius 3 is 2.41 bits per heavy atom. The van der Waals surface area contributed by atoms with Crippen LogP contribution in [0.1, 0.15) is 0 Å². The lowest BCUT2D eigenvalue weighted by Gasteiger charge is -2.36. The molecule has 0 aromatic heterocycles. The Labute approximate surface area is 96.2 Å². The van der Waals surface area contributed by atoms with Crippen LogP contribution in [0.5, 0.6) is 0 Å². The molecule has 0 amide bonds. The van der Waals surface area contributed by atoms with Crippen molar-refractivity contribution in [3.05, 3.63) is 0 Å². The predicted octanol–water partition coefficient (Wildman–Crippen LogP) is -2.17. The van der Waals surface area contributed by atoms with E-state index in [-0.39, 0.29) is 0 Å². The van der Waals surface area contributed by atoms with Gasteiger partial charge in [-0.3, -0.25) is 0 Å². The van der Waals surface area contributed by atoms with Gasteiger partial charge in [0.15, 0.2) is 18.5 Å². The summed E-state index contributed by atoms with van der Waals surface area (Å²) in [5.41, 5.74) is 0. The van der Waals surface area contributed by atoms with Crippen molar-refractivity contribution in [2.45, 2.75) is 30.7 Å². The monoisotopic (exact) mass is 270 g/mol. The van der Waals surface area contributed by atoms with Gasteiger partial charge in [-0.25, -0.2) is 13.2 Å². The van der Waals surface area contributed by atoms with E-state index in [1.54, 1.807) is 0 Å². The van der Waals surface area contributed by atoms with Crippen LogP contribution in [0.2, 0.25) is 0 Å². The maximum absolute atomic E-state index is 11.1. The lowest BCUT2D eigenvalue weighted by atomic mass is 9.99. The molecule has 5 atom stereocenters. The summed E-state index contributed by atoms with van der Waals surface area (Å²) in [5, 5.41) is 18.3. The highest BCUT2D eigenvalue weighted by Crippen LogP contribution is 2.33.